The third kappa shape index (κ3) is 5.19. The first-order valence-electron chi connectivity index (χ1n) is 10.5. The van der Waals surface area contributed by atoms with Crippen LogP contribution in [0.1, 0.15) is 31.7 Å². The molecule has 0 radical (unpaired) electrons. The second-order valence-corrected chi connectivity index (χ2v) is 8.13. The Labute approximate surface area is 180 Å². The molecular weight excluding hydrogens is 384 g/mol. The lowest BCUT2D eigenvalue weighted by Gasteiger charge is -2.49. The van der Waals surface area contributed by atoms with Crippen molar-refractivity contribution in [2.24, 2.45) is 0 Å². The van der Waals surface area contributed by atoms with Crippen molar-refractivity contribution in [2.45, 2.75) is 44.3 Å². The van der Waals surface area contributed by atoms with Crippen LogP contribution in [0, 0.1) is 0 Å². The van der Waals surface area contributed by atoms with Gasteiger partial charge in [0.25, 0.3) is 5.91 Å². The van der Waals surface area contributed by atoms with Crippen LogP contribution in [0.15, 0.2) is 60.7 Å². The number of carbonyl (C=O) groups excluding carboxylic acids is 1. The van der Waals surface area contributed by atoms with Gasteiger partial charge in [-0.1, -0.05) is 48.5 Å². The van der Waals surface area contributed by atoms with Crippen LogP contribution < -0.4 is 4.90 Å². The van der Waals surface area contributed by atoms with Gasteiger partial charge in [-0.2, -0.15) is 0 Å². The predicted molar refractivity (Wildman–Crippen MR) is 120 cm³/mol. The highest BCUT2D eigenvalue weighted by Gasteiger charge is 2.45. The monoisotopic (exact) mass is 414 g/mol. The average Bonchev–Trinajstić information content (AvgIpc) is 2.74. The van der Waals surface area contributed by atoms with E-state index in [0.717, 1.165) is 44.6 Å². The summed E-state index contributed by atoms with van der Waals surface area (Å²) in [5, 5.41) is 0. The fraction of sp³-hybridized carbons (Fsp3) is 0.458. The van der Waals surface area contributed by atoms with Crippen molar-refractivity contribution in [2.75, 3.05) is 31.1 Å². The van der Waals surface area contributed by atoms with E-state index in [2.05, 4.69) is 35.2 Å². The second kappa shape index (κ2) is 9.75. The van der Waals surface area contributed by atoms with Gasteiger partial charge in [0.05, 0.1) is 12.1 Å². The standard InChI is InChI=1S/C24H30N2O2.ClH/c1-20-23(27)26(22-12-6-3-7-13-22)19-24(28-20)14-17-25(18-15-24)16-8-11-21-9-4-2-5-10-21;/h2-7,9-10,12-13,20H,8,11,14-19H2,1H3;1H. The lowest BCUT2D eigenvalue weighted by Crippen LogP contribution is -2.61. The molecule has 2 aliphatic heterocycles. The molecule has 2 saturated heterocycles. The maximum atomic E-state index is 12.7. The van der Waals surface area contributed by atoms with Crippen LogP contribution in [-0.2, 0) is 16.0 Å². The van der Waals surface area contributed by atoms with Crippen molar-refractivity contribution >= 4 is 24.0 Å². The molecule has 0 aliphatic carbocycles. The predicted octanol–water partition coefficient (Wildman–Crippen LogP) is 4.33. The van der Waals surface area contributed by atoms with Gasteiger partial charge in [-0.25, -0.2) is 0 Å². The van der Waals surface area contributed by atoms with E-state index >= 15 is 0 Å². The van der Waals surface area contributed by atoms with E-state index in [4.69, 9.17) is 4.74 Å². The number of amides is 1. The summed E-state index contributed by atoms with van der Waals surface area (Å²) in [5.41, 5.74) is 2.18. The number of para-hydroxylation sites is 1. The number of anilines is 1. The molecule has 0 N–H and O–H groups in total. The van der Waals surface area contributed by atoms with Crippen LogP contribution in [-0.4, -0.2) is 48.7 Å². The maximum absolute atomic E-state index is 12.7. The molecule has 29 heavy (non-hydrogen) atoms. The van der Waals surface area contributed by atoms with E-state index in [9.17, 15) is 4.79 Å². The number of aryl methyl sites for hydroxylation is 1. The highest BCUT2D eigenvalue weighted by molar-refractivity contribution is 5.97. The summed E-state index contributed by atoms with van der Waals surface area (Å²) in [6.45, 7) is 5.77. The SMILES string of the molecule is CC1OC2(CCN(CCCc3ccccc3)CC2)CN(c2ccccc2)C1=O.Cl. The summed E-state index contributed by atoms with van der Waals surface area (Å²) < 4.78 is 6.28. The molecule has 156 valence electrons. The molecule has 1 amide bonds. The Morgan fingerprint density at radius 1 is 1.00 bits per heavy atom. The van der Waals surface area contributed by atoms with Gasteiger partial charge in [0.15, 0.2) is 0 Å². The number of nitrogens with zero attached hydrogens (tertiary/aromatic N) is 2. The second-order valence-electron chi connectivity index (χ2n) is 8.13. The molecule has 4 nitrogen and oxygen atoms in total. The van der Waals surface area contributed by atoms with E-state index < -0.39 is 0 Å². The van der Waals surface area contributed by atoms with E-state index in [0.29, 0.717) is 6.54 Å². The summed E-state index contributed by atoms with van der Waals surface area (Å²) >= 11 is 0. The molecule has 2 fully saturated rings. The summed E-state index contributed by atoms with van der Waals surface area (Å²) in [5.74, 6) is 0.0714. The number of halogens is 1. The van der Waals surface area contributed by atoms with Crippen LogP contribution in [0.4, 0.5) is 5.69 Å². The Bertz CT molecular complexity index is 776. The molecule has 2 aromatic rings. The lowest BCUT2D eigenvalue weighted by molar-refractivity contribution is -0.161. The van der Waals surface area contributed by atoms with Crippen molar-refractivity contribution in [1.82, 2.24) is 4.90 Å². The fourth-order valence-corrected chi connectivity index (χ4v) is 4.49. The van der Waals surface area contributed by atoms with E-state index in [1.807, 2.05) is 42.2 Å². The minimum Gasteiger partial charge on any atom is -0.360 e. The molecule has 2 aliphatic rings. The fourth-order valence-electron chi connectivity index (χ4n) is 4.49. The summed E-state index contributed by atoms with van der Waals surface area (Å²) in [7, 11) is 0. The molecule has 4 rings (SSSR count). The molecule has 1 atom stereocenters. The average molecular weight is 415 g/mol. The molecule has 2 aromatic carbocycles. The minimum atomic E-state index is -0.376. The number of hydrogen-bond acceptors (Lipinski definition) is 3. The molecule has 1 unspecified atom stereocenters. The van der Waals surface area contributed by atoms with E-state index in [1.165, 1.54) is 12.0 Å². The summed E-state index contributed by atoms with van der Waals surface area (Å²) in [6.07, 6.45) is 3.91. The van der Waals surface area contributed by atoms with Gasteiger partial charge in [0.2, 0.25) is 0 Å². The maximum Gasteiger partial charge on any atom is 0.255 e. The molecule has 0 saturated carbocycles. The quantitative estimate of drug-likeness (QED) is 0.730. The van der Waals surface area contributed by atoms with Crippen LogP contribution in [0.25, 0.3) is 0 Å². The van der Waals surface area contributed by atoms with Crippen molar-refractivity contribution in [3.8, 4) is 0 Å². The van der Waals surface area contributed by atoms with Crippen LogP contribution in [0.3, 0.4) is 0 Å². The zero-order valence-electron chi connectivity index (χ0n) is 17.1. The van der Waals surface area contributed by atoms with Gasteiger partial charge in [0, 0.05) is 18.8 Å². The molecule has 0 aromatic heterocycles. The van der Waals surface area contributed by atoms with Crippen molar-refractivity contribution < 1.29 is 9.53 Å². The van der Waals surface area contributed by atoms with Crippen molar-refractivity contribution in [3.63, 3.8) is 0 Å². The Kier molecular flexibility index (Phi) is 7.33. The first-order chi connectivity index (χ1) is 13.7. The number of morpholine rings is 1. The third-order valence-electron chi connectivity index (χ3n) is 6.10. The molecule has 2 heterocycles. The first-order valence-corrected chi connectivity index (χ1v) is 10.5. The molecule has 0 bridgehead atoms. The largest absolute Gasteiger partial charge is 0.360 e. The Balaban J connectivity index is 0.00000240. The number of rotatable bonds is 5. The number of hydrogen-bond donors (Lipinski definition) is 0. The number of benzene rings is 2. The topological polar surface area (TPSA) is 32.8 Å². The zero-order valence-corrected chi connectivity index (χ0v) is 17.9. The summed E-state index contributed by atoms with van der Waals surface area (Å²) in [4.78, 5) is 17.2. The Hall–Kier alpha value is -1.88. The van der Waals surface area contributed by atoms with Crippen LogP contribution in [0.2, 0.25) is 0 Å². The van der Waals surface area contributed by atoms with Crippen LogP contribution >= 0.6 is 12.4 Å². The number of carbonyl (C=O) groups is 1. The van der Waals surface area contributed by atoms with E-state index in [-0.39, 0.29) is 30.0 Å². The minimum absolute atomic E-state index is 0. The van der Waals surface area contributed by atoms with Crippen molar-refractivity contribution in [3.05, 3.63) is 66.2 Å². The Morgan fingerprint density at radius 2 is 1.62 bits per heavy atom. The van der Waals surface area contributed by atoms with Gasteiger partial charge in [-0.3, -0.25) is 4.79 Å². The lowest BCUT2D eigenvalue weighted by atomic mass is 9.88. The smallest absolute Gasteiger partial charge is 0.255 e. The first kappa shape index (κ1) is 21.8. The van der Waals surface area contributed by atoms with Gasteiger partial charge in [0.1, 0.15) is 6.10 Å². The number of ether oxygens (including phenoxy) is 1. The van der Waals surface area contributed by atoms with Crippen LogP contribution in [0.5, 0.6) is 0 Å². The highest BCUT2D eigenvalue weighted by Crippen LogP contribution is 2.35. The van der Waals surface area contributed by atoms with Gasteiger partial charge in [-0.05, 0) is 56.8 Å². The van der Waals surface area contributed by atoms with Gasteiger partial charge < -0.3 is 14.5 Å². The van der Waals surface area contributed by atoms with E-state index in [1.54, 1.807) is 0 Å². The molecular formula is C24H31ClN2O2. The Morgan fingerprint density at radius 3 is 2.28 bits per heavy atom. The van der Waals surface area contributed by atoms with Crippen molar-refractivity contribution in [1.29, 1.82) is 0 Å². The molecule has 1 spiro atoms. The normalized spacial score (nSPS) is 21.8. The zero-order chi connectivity index (χ0) is 19.4. The highest BCUT2D eigenvalue weighted by atomic mass is 35.5. The van der Waals surface area contributed by atoms with Gasteiger partial charge in [-0.15, -0.1) is 12.4 Å². The summed E-state index contributed by atoms with van der Waals surface area (Å²) in [6, 6.07) is 20.7. The van der Waals surface area contributed by atoms with Gasteiger partial charge >= 0.3 is 0 Å². The number of likely N-dealkylation sites (tertiary alicyclic amines) is 1. The third-order valence-corrected chi connectivity index (χ3v) is 6.10. The number of piperidine rings is 1. The molecule has 5 heteroatoms.